The van der Waals surface area contributed by atoms with Crippen LogP contribution in [0.15, 0.2) is 83.1 Å². The highest BCUT2D eigenvalue weighted by Crippen LogP contribution is 2.22. The number of nitrogens with zero attached hydrogens (tertiary/aromatic N) is 3. The molecule has 2 aromatic heterocycles. The fourth-order valence-electron chi connectivity index (χ4n) is 3.09. The summed E-state index contributed by atoms with van der Waals surface area (Å²) in [6.45, 7) is 0.216. The zero-order valence-electron chi connectivity index (χ0n) is 17.0. The van der Waals surface area contributed by atoms with Gasteiger partial charge in [0, 0.05) is 43.9 Å². The maximum absolute atomic E-state index is 12.9. The molecule has 0 saturated carbocycles. The van der Waals surface area contributed by atoms with Crippen LogP contribution in [0.4, 0.5) is 0 Å². The fraction of sp³-hybridized carbons (Fsp3) is 0.0909. The first-order chi connectivity index (χ1) is 15.4. The third-order valence-corrected chi connectivity index (χ3v) is 6.60. The molecule has 2 amide bonds. The average Bonchev–Trinajstić information content (AvgIpc) is 3.30. The van der Waals surface area contributed by atoms with Gasteiger partial charge >= 0.3 is 0 Å². The number of amides is 2. The predicted octanol–water partition coefficient (Wildman–Crippen LogP) is 1.85. The fourth-order valence-corrected chi connectivity index (χ4v) is 4.40. The zero-order chi connectivity index (χ0) is 22.7. The summed E-state index contributed by atoms with van der Waals surface area (Å²) in [5.41, 5.74) is 1.37. The molecule has 0 saturated heterocycles. The molecule has 10 heteroatoms. The Morgan fingerprint density at radius 3 is 2.50 bits per heavy atom. The van der Waals surface area contributed by atoms with Crippen LogP contribution in [0.25, 0.3) is 5.78 Å². The molecule has 162 valence electrons. The van der Waals surface area contributed by atoms with Gasteiger partial charge in [-0.1, -0.05) is 18.2 Å². The second-order valence-electron chi connectivity index (χ2n) is 6.91. The largest absolute Gasteiger partial charge is 0.355 e. The van der Waals surface area contributed by atoms with Crippen LogP contribution in [-0.4, -0.2) is 41.6 Å². The van der Waals surface area contributed by atoms with Crippen molar-refractivity contribution in [2.75, 3.05) is 7.05 Å². The number of nitrogens with one attached hydrogen (secondary N) is 2. The van der Waals surface area contributed by atoms with E-state index in [0.29, 0.717) is 11.3 Å². The maximum atomic E-state index is 12.9. The van der Waals surface area contributed by atoms with Crippen molar-refractivity contribution in [3.63, 3.8) is 0 Å². The summed E-state index contributed by atoms with van der Waals surface area (Å²) in [5.74, 6) is -0.175. The van der Waals surface area contributed by atoms with Crippen molar-refractivity contribution in [3.8, 4) is 0 Å². The summed E-state index contributed by atoms with van der Waals surface area (Å²) < 4.78 is 27.5. The van der Waals surface area contributed by atoms with Crippen LogP contribution < -0.4 is 10.6 Å². The van der Waals surface area contributed by atoms with Crippen molar-refractivity contribution in [3.05, 3.63) is 90.0 Å². The lowest BCUT2D eigenvalue weighted by Crippen LogP contribution is -2.23. The topological polar surface area (TPSA) is 123 Å². The van der Waals surface area contributed by atoms with Gasteiger partial charge in [-0.2, -0.15) is 0 Å². The maximum Gasteiger partial charge on any atom is 0.254 e. The second-order valence-corrected chi connectivity index (χ2v) is 8.86. The lowest BCUT2D eigenvalue weighted by molar-refractivity contribution is 0.0946. The zero-order valence-corrected chi connectivity index (χ0v) is 17.8. The summed E-state index contributed by atoms with van der Waals surface area (Å²) in [5, 5.41) is 5.25. The van der Waals surface area contributed by atoms with E-state index in [2.05, 4.69) is 20.6 Å². The van der Waals surface area contributed by atoms with E-state index in [0.717, 1.165) is 5.56 Å². The van der Waals surface area contributed by atoms with Crippen LogP contribution in [0, 0.1) is 0 Å². The van der Waals surface area contributed by atoms with Crippen molar-refractivity contribution >= 4 is 27.4 Å². The quantitative estimate of drug-likeness (QED) is 0.463. The number of rotatable bonds is 6. The molecule has 0 unspecified atom stereocenters. The number of imidazole rings is 1. The lowest BCUT2D eigenvalue weighted by atomic mass is 10.2. The molecule has 4 aromatic rings. The van der Waals surface area contributed by atoms with Gasteiger partial charge in [0.15, 0.2) is 0 Å². The van der Waals surface area contributed by atoms with Gasteiger partial charge in [0.05, 0.1) is 15.4 Å². The molecule has 0 atom stereocenters. The second kappa shape index (κ2) is 8.60. The van der Waals surface area contributed by atoms with Crippen LogP contribution in [0.2, 0.25) is 0 Å². The molecular formula is C22H19N5O4S. The smallest absolute Gasteiger partial charge is 0.254 e. The van der Waals surface area contributed by atoms with Gasteiger partial charge in [-0.05, 0) is 35.9 Å². The molecule has 9 nitrogen and oxygen atoms in total. The van der Waals surface area contributed by atoms with Gasteiger partial charge in [-0.25, -0.2) is 18.4 Å². The Kier molecular flexibility index (Phi) is 5.69. The molecule has 0 fully saturated rings. The summed E-state index contributed by atoms with van der Waals surface area (Å²) in [6, 6.07) is 12.1. The average molecular weight is 449 g/mol. The summed E-state index contributed by atoms with van der Waals surface area (Å²) >= 11 is 0. The number of hydrogen-bond donors (Lipinski definition) is 2. The van der Waals surface area contributed by atoms with Crippen LogP contribution in [0.5, 0.6) is 0 Å². The molecule has 32 heavy (non-hydrogen) atoms. The van der Waals surface area contributed by atoms with Crippen LogP contribution in [-0.2, 0) is 16.4 Å². The minimum Gasteiger partial charge on any atom is -0.355 e. The molecule has 0 spiro atoms. The molecule has 0 radical (unpaired) electrons. The van der Waals surface area contributed by atoms with Crippen LogP contribution >= 0.6 is 0 Å². The number of aromatic nitrogens is 3. The van der Waals surface area contributed by atoms with Crippen molar-refractivity contribution in [2.45, 2.75) is 16.3 Å². The standard InChI is InChI=1S/C22H19N5O4S/c1-23-20(28)16-3-2-4-19(11-16)32(30,31)18-7-5-15(6-8-18)12-25-21(29)17-13-26-22-24-9-10-27(22)14-17/h2-11,13-14H,12H2,1H3,(H,23,28)(H,25,29). The van der Waals surface area contributed by atoms with E-state index in [4.69, 9.17) is 0 Å². The number of sulfone groups is 1. The van der Waals surface area contributed by atoms with Gasteiger partial charge in [0.2, 0.25) is 15.6 Å². The molecule has 0 aliphatic rings. The number of fused-ring (bicyclic) bond motifs is 1. The Hall–Kier alpha value is -4.05. The molecule has 0 bridgehead atoms. The first kappa shape index (κ1) is 21.2. The first-order valence-electron chi connectivity index (χ1n) is 9.61. The van der Waals surface area contributed by atoms with Gasteiger partial charge in [-0.3, -0.25) is 14.0 Å². The molecule has 2 heterocycles. The number of benzene rings is 2. The molecular weight excluding hydrogens is 430 g/mol. The van der Waals surface area contributed by atoms with Gasteiger partial charge in [0.1, 0.15) is 0 Å². The highest BCUT2D eigenvalue weighted by molar-refractivity contribution is 7.91. The normalized spacial score (nSPS) is 11.3. The third kappa shape index (κ3) is 4.21. The van der Waals surface area contributed by atoms with E-state index in [-0.39, 0.29) is 33.7 Å². The third-order valence-electron chi connectivity index (χ3n) is 4.83. The molecule has 2 aromatic carbocycles. The Morgan fingerprint density at radius 1 is 0.969 bits per heavy atom. The van der Waals surface area contributed by atoms with Crippen LogP contribution in [0.1, 0.15) is 26.3 Å². The van der Waals surface area contributed by atoms with Crippen molar-refractivity contribution in [2.24, 2.45) is 0 Å². The van der Waals surface area contributed by atoms with Crippen molar-refractivity contribution in [1.29, 1.82) is 0 Å². The SMILES string of the molecule is CNC(=O)c1cccc(S(=O)(=O)c2ccc(CNC(=O)c3cnc4nccn4c3)cc2)c1. The summed E-state index contributed by atoms with van der Waals surface area (Å²) in [6.07, 6.45) is 6.37. The Balaban J connectivity index is 1.46. The highest BCUT2D eigenvalue weighted by atomic mass is 32.2. The van der Waals surface area contributed by atoms with Gasteiger partial charge < -0.3 is 10.6 Å². The van der Waals surface area contributed by atoms with E-state index in [1.807, 2.05) is 0 Å². The Labute approximate surface area is 184 Å². The number of hydrogen-bond acceptors (Lipinski definition) is 6. The lowest BCUT2D eigenvalue weighted by Gasteiger charge is -2.09. The molecule has 0 aliphatic heterocycles. The highest BCUT2D eigenvalue weighted by Gasteiger charge is 2.19. The summed E-state index contributed by atoms with van der Waals surface area (Å²) in [4.78, 5) is 32.5. The van der Waals surface area contributed by atoms with Gasteiger partial charge in [0.25, 0.3) is 11.8 Å². The van der Waals surface area contributed by atoms with Crippen molar-refractivity contribution < 1.29 is 18.0 Å². The monoisotopic (exact) mass is 449 g/mol. The van der Waals surface area contributed by atoms with E-state index >= 15 is 0 Å². The van der Waals surface area contributed by atoms with E-state index < -0.39 is 9.84 Å². The van der Waals surface area contributed by atoms with E-state index in [1.54, 1.807) is 41.2 Å². The Bertz CT molecular complexity index is 1410. The van der Waals surface area contributed by atoms with Gasteiger partial charge in [-0.15, -0.1) is 0 Å². The minimum atomic E-state index is -3.79. The van der Waals surface area contributed by atoms with E-state index in [9.17, 15) is 18.0 Å². The molecule has 4 rings (SSSR count). The predicted molar refractivity (Wildman–Crippen MR) is 116 cm³/mol. The first-order valence-corrected chi connectivity index (χ1v) is 11.1. The van der Waals surface area contributed by atoms with Crippen molar-refractivity contribution in [1.82, 2.24) is 25.0 Å². The summed E-state index contributed by atoms with van der Waals surface area (Å²) in [7, 11) is -2.31. The molecule has 2 N–H and O–H groups in total. The Morgan fingerprint density at radius 2 is 1.75 bits per heavy atom. The number of carbonyl (C=O) groups is 2. The van der Waals surface area contributed by atoms with Crippen LogP contribution in [0.3, 0.4) is 0 Å². The minimum absolute atomic E-state index is 0.0297. The molecule has 0 aliphatic carbocycles. The van der Waals surface area contributed by atoms with E-state index in [1.165, 1.54) is 43.6 Å². The number of carbonyl (C=O) groups excluding carboxylic acids is 2.